The van der Waals surface area contributed by atoms with Crippen LogP contribution >= 0.6 is 14.5 Å². The van der Waals surface area contributed by atoms with Crippen molar-refractivity contribution >= 4 is 46.4 Å². The van der Waals surface area contributed by atoms with Gasteiger partial charge in [-0.1, -0.05) is 189 Å². The van der Waals surface area contributed by atoms with E-state index in [-0.39, 0.29) is 0 Å². The van der Waals surface area contributed by atoms with Crippen molar-refractivity contribution < 1.29 is 9.47 Å². The monoisotopic (exact) mass is 941 g/mol. The first-order chi connectivity index (χ1) is 33.2. The molecule has 7 rings (SSSR count). The Morgan fingerprint density at radius 1 is 0.324 bits per heavy atom. The second-order valence-electron chi connectivity index (χ2n) is 20.2. The van der Waals surface area contributed by atoms with Crippen molar-refractivity contribution in [2.45, 2.75) is 105 Å². The number of hydrogen-bond donors (Lipinski definition) is 0. The van der Waals surface area contributed by atoms with Gasteiger partial charge in [0.1, 0.15) is 70.2 Å². The Morgan fingerprint density at radius 2 is 0.574 bits per heavy atom. The highest BCUT2D eigenvalue weighted by atomic mass is 31.2. The van der Waals surface area contributed by atoms with E-state index in [0.717, 1.165) is 48.5 Å². The standard InChI is InChI=1S/C64H78O2P2/c1-51(2)27-25-29-53(5)43-45-65-63-47-56(50-68(60-37-19-10-20-38-60,61-39-21-11-22-40-61)62-41-23-12-24-42-62)64(66-46-44-54(6)30-26-28-52(3)4)48-55(63)49-67(57-31-13-7-14-32-57,58-33-15-8-16-34-58)59-35-17-9-18-36-59/h7-24,31-42,47-48,51-54H,25-30,43-46,49-50H2,1-6H3/q+2. The van der Waals surface area contributed by atoms with E-state index in [2.05, 4.69) is 236 Å². The normalized spacial score (nSPS) is 12.8. The van der Waals surface area contributed by atoms with Gasteiger partial charge >= 0.3 is 0 Å². The Morgan fingerprint density at radius 3 is 0.809 bits per heavy atom. The molecule has 0 saturated carbocycles. The van der Waals surface area contributed by atoms with Gasteiger partial charge in [0.25, 0.3) is 0 Å². The molecule has 2 nitrogen and oxygen atoms in total. The summed E-state index contributed by atoms with van der Waals surface area (Å²) in [6.07, 6.45) is 11.2. The van der Waals surface area contributed by atoms with Crippen LogP contribution in [0, 0.1) is 23.7 Å². The molecule has 7 aromatic rings. The first kappa shape index (κ1) is 50.9. The number of benzene rings is 7. The summed E-state index contributed by atoms with van der Waals surface area (Å²) in [6, 6.07) is 72.7. The van der Waals surface area contributed by atoms with E-state index in [9.17, 15) is 0 Å². The number of rotatable bonds is 26. The number of ether oxygens (including phenoxy) is 2. The van der Waals surface area contributed by atoms with Gasteiger partial charge in [-0.15, -0.1) is 0 Å². The molecule has 0 saturated heterocycles. The summed E-state index contributed by atoms with van der Waals surface area (Å²) in [5, 5.41) is 8.20. The zero-order valence-electron chi connectivity index (χ0n) is 42.0. The molecule has 4 heteroatoms. The van der Waals surface area contributed by atoms with Crippen LogP contribution in [0.15, 0.2) is 194 Å². The molecule has 0 aliphatic carbocycles. The maximum atomic E-state index is 7.30. The molecule has 0 amide bonds. The second kappa shape index (κ2) is 25.6. The van der Waals surface area contributed by atoms with Crippen LogP contribution in [0.25, 0.3) is 0 Å². The first-order valence-electron chi connectivity index (χ1n) is 25.7. The fourth-order valence-corrected chi connectivity index (χ4v) is 18.5. The van der Waals surface area contributed by atoms with E-state index in [1.54, 1.807) is 0 Å². The Balaban J connectivity index is 1.42. The van der Waals surface area contributed by atoms with Crippen molar-refractivity contribution in [2.75, 3.05) is 13.2 Å². The molecule has 68 heavy (non-hydrogen) atoms. The third-order valence-corrected chi connectivity index (χ3v) is 22.6. The molecule has 354 valence electrons. The highest BCUT2D eigenvalue weighted by Gasteiger charge is 2.48. The summed E-state index contributed by atoms with van der Waals surface area (Å²) in [7, 11) is -4.58. The largest absolute Gasteiger partial charge is 0.493 e. The van der Waals surface area contributed by atoms with Crippen molar-refractivity contribution in [3.05, 3.63) is 205 Å². The van der Waals surface area contributed by atoms with E-state index in [1.165, 1.54) is 81.5 Å². The van der Waals surface area contributed by atoms with Crippen LogP contribution in [0.1, 0.15) is 104 Å². The minimum Gasteiger partial charge on any atom is -0.493 e. The summed E-state index contributed by atoms with van der Waals surface area (Å²) in [5.74, 6) is 4.60. The van der Waals surface area contributed by atoms with Gasteiger partial charge in [0, 0.05) is 11.1 Å². The van der Waals surface area contributed by atoms with Gasteiger partial charge in [-0.05, 0) is 121 Å². The molecule has 2 unspecified atom stereocenters. The Bertz CT molecular complexity index is 2120. The maximum absolute atomic E-state index is 7.30. The molecule has 0 aliphatic heterocycles. The molecule has 0 bridgehead atoms. The minimum atomic E-state index is -2.29. The van der Waals surface area contributed by atoms with Crippen LogP contribution in [-0.4, -0.2) is 13.2 Å². The van der Waals surface area contributed by atoms with Crippen molar-refractivity contribution in [1.29, 1.82) is 0 Å². The van der Waals surface area contributed by atoms with Gasteiger partial charge in [-0.3, -0.25) is 0 Å². The minimum absolute atomic E-state index is 0.583. The fraction of sp³-hybridized carbons (Fsp3) is 0.344. The zero-order valence-corrected chi connectivity index (χ0v) is 43.8. The molecule has 0 spiro atoms. The Kier molecular flexibility index (Phi) is 19.1. The third-order valence-electron chi connectivity index (χ3n) is 13.9. The van der Waals surface area contributed by atoms with Crippen LogP contribution in [0.2, 0.25) is 0 Å². The summed E-state index contributed by atoms with van der Waals surface area (Å²) in [6.45, 7) is 15.5. The predicted octanol–water partition coefficient (Wildman–Crippen LogP) is 15.1. The predicted molar refractivity (Wildman–Crippen MR) is 300 cm³/mol. The van der Waals surface area contributed by atoms with E-state index >= 15 is 0 Å². The summed E-state index contributed by atoms with van der Waals surface area (Å²) in [5.41, 5.74) is 2.43. The highest BCUT2D eigenvalue weighted by Crippen LogP contribution is 2.62. The van der Waals surface area contributed by atoms with Gasteiger partial charge in [-0.25, -0.2) is 0 Å². The molecule has 0 N–H and O–H groups in total. The van der Waals surface area contributed by atoms with Crippen LogP contribution < -0.4 is 41.3 Å². The van der Waals surface area contributed by atoms with Gasteiger partial charge in [0.05, 0.1) is 13.2 Å². The van der Waals surface area contributed by atoms with E-state index in [0.29, 0.717) is 25.0 Å². The molecule has 0 radical (unpaired) electrons. The van der Waals surface area contributed by atoms with Gasteiger partial charge in [-0.2, -0.15) is 0 Å². The highest BCUT2D eigenvalue weighted by molar-refractivity contribution is 7.95. The lowest BCUT2D eigenvalue weighted by molar-refractivity contribution is 0.266. The fourth-order valence-electron chi connectivity index (χ4n) is 9.99. The molecule has 0 heterocycles. The first-order valence-corrected chi connectivity index (χ1v) is 29.6. The SMILES string of the molecule is CC(C)CCCC(C)CCOc1cc(C[P+](c2ccccc2)(c2ccccc2)c2ccccc2)c(OCCC(C)CCCC(C)C)cc1C[P+](c1ccccc1)(c1ccccc1)c1ccccc1. The van der Waals surface area contributed by atoms with E-state index in [4.69, 9.17) is 9.47 Å². The van der Waals surface area contributed by atoms with E-state index in [1.807, 2.05) is 0 Å². The lowest BCUT2D eigenvalue weighted by Crippen LogP contribution is -2.33. The third kappa shape index (κ3) is 13.2. The summed E-state index contributed by atoms with van der Waals surface area (Å²) >= 11 is 0. The molecule has 0 aromatic heterocycles. The van der Waals surface area contributed by atoms with Gasteiger partial charge < -0.3 is 9.47 Å². The molecule has 2 atom stereocenters. The quantitative estimate of drug-likeness (QED) is 0.0504. The average Bonchev–Trinajstić information content (AvgIpc) is 3.37. The molecule has 0 aliphatic rings. The van der Waals surface area contributed by atoms with Crippen LogP contribution in [0.4, 0.5) is 0 Å². The topological polar surface area (TPSA) is 18.5 Å². The van der Waals surface area contributed by atoms with Gasteiger partial charge in [0.2, 0.25) is 0 Å². The summed E-state index contributed by atoms with van der Waals surface area (Å²) in [4.78, 5) is 0. The van der Waals surface area contributed by atoms with Crippen molar-refractivity contribution in [3.8, 4) is 11.5 Å². The maximum Gasteiger partial charge on any atom is 0.126 e. The van der Waals surface area contributed by atoms with Crippen molar-refractivity contribution in [3.63, 3.8) is 0 Å². The Labute approximate surface area is 412 Å². The molecule has 0 fully saturated rings. The van der Waals surface area contributed by atoms with Crippen molar-refractivity contribution in [1.82, 2.24) is 0 Å². The average molecular weight is 941 g/mol. The van der Waals surface area contributed by atoms with Gasteiger partial charge in [0.15, 0.2) is 0 Å². The van der Waals surface area contributed by atoms with Crippen LogP contribution in [0.3, 0.4) is 0 Å². The Hall–Kier alpha value is -5.00. The molecular formula is C64H78O2P2+2. The second-order valence-corrected chi connectivity index (χ2v) is 27.1. The molecule has 7 aromatic carbocycles. The van der Waals surface area contributed by atoms with E-state index < -0.39 is 14.5 Å². The lowest BCUT2D eigenvalue weighted by atomic mass is 9.97. The van der Waals surface area contributed by atoms with Crippen LogP contribution in [0.5, 0.6) is 11.5 Å². The lowest BCUT2D eigenvalue weighted by Gasteiger charge is -2.30. The zero-order chi connectivity index (χ0) is 47.6. The van der Waals surface area contributed by atoms with Crippen molar-refractivity contribution in [2.24, 2.45) is 23.7 Å². The summed E-state index contributed by atoms with van der Waals surface area (Å²) < 4.78 is 14.6. The molecular weight excluding hydrogens is 863 g/mol. The number of hydrogen-bond acceptors (Lipinski definition) is 2. The smallest absolute Gasteiger partial charge is 0.126 e. The van der Waals surface area contributed by atoms with Crippen LogP contribution in [-0.2, 0) is 12.3 Å².